The highest BCUT2D eigenvalue weighted by molar-refractivity contribution is 8.18. The van der Waals surface area contributed by atoms with Crippen LogP contribution in [0.15, 0.2) is 46.3 Å². The molecule has 1 aliphatic heterocycles. The van der Waals surface area contributed by atoms with Crippen molar-refractivity contribution in [2.24, 2.45) is 4.99 Å². The molecule has 0 aromatic heterocycles. The molecular weight excluding hydrogens is 416 g/mol. The van der Waals surface area contributed by atoms with Crippen molar-refractivity contribution in [1.29, 1.82) is 0 Å². The van der Waals surface area contributed by atoms with Crippen LogP contribution in [0.3, 0.4) is 0 Å². The maximum Gasteiger partial charge on any atom is 0.338 e. The first-order valence-corrected chi connectivity index (χ1v) is 9.74. The summed E-state index contributed by atoms with van der Waals surface area (Å²) in [6.07, 6.45) is 1.63. The van der Waals surface area contributed by atoms with Crippen LogP contribution in [0.1, 0.15) is 22.8 Å². The van der Waals surface area contributed by atoms with Crippen molar-refractivity contribution < 1.29 is 24.2 Å². The zero-order chi connectivity index (χ0) is 21.0. The molecule has 1 saturated heterocycles. The molecule has 150 valence electrons. The monoisotopic (exact) mass is 432 g/mol. The van der Waals surface area contributed by atoms with E-state index in [-0.39, 0.29) is 22.4 Å². The molecule has 2 N–H and O–H groups in total. The molecule has 9 heteroatoms. The standard InChI is InChI=1S/C20H17ClN2O5S/c1-3-28-19(26)12-4-6-13(7-5-12)22-20-23-18(25)16(29-20)10-11-8-14(21)17(24)15(9-11)27-2/h4-10,24H,3H2,1-2H3,(H,22,23,25). The van der Waals surface area contributed by atoms with Crippen LogP contribution in [0, 0.1) is 0 Å². The van der Waals surface area contributed by atoms with Crippen LogP contribution in [-0.2, 0) is 9.53 Å². The van der Waals surface area contributed by atoms with Gasteiger partial charge >= 0.3 is 5.97 Å². The van der Waals surface area contributed by atoms with Crippen molar-refractivity contribution in [3.05, 3.63) is 57.5 Å². The Bertz CT molecular complexity index is 1020. The average molecular weight is 433 g/mol. The van der Waals surface area contributed by atoms with Crippen LogP contribution in [0.4, 0.5) is 5.69 Å². The van der Waals surface area contributed by atoms with Crippen LogP contribution in [0.2, 0.25) is 5.02 Å². The molecule has 1 aliphatic rings. The predicted octanol–water partition coefficient (Wildman–Crippen LogP) is 4.12. The highest BCUT2D eigenvalue weighted by Crippen LogP contribution is 2.36. The minimum Gasteiger partial charge on any atom is -0.503 e. The minimum absolute atomic E-state index is 0.121. The second-order valence-corrected chi connectivity index (χ2v) is 7.24. The van der Waals surface area contributed by atoms with Crippen molar-refractivity contribution in [1.82, 2.24) is 5.32 Å². The number of hydrogen-bond donors (Lipinski definition) is 2. The number of amides is 1. The minimum atomic E-state index is -0.400. The molecule has 0 aliphatic carbocycles. The number of carbonyl (C=O) groups excluding carboxylic acids is 2. The first-order chi connectivity index (χ1) is 13.9. The molecule has 1 fully saturated rings. The predicted molar refractivity (Wildman–Crippen MR) is 113 cm³/mol. The average Bonchev–Trinajstić information content (AvgIpc) is 3.04. The van der Waals surface area contributed by atoms with E-state index in [0.717, 1.165) is 11.8 Å². The van der Waals surface area contributed by atoms with Crippen molar-refractivity contribution in [3.8, 4) is 11.5 Å². The van der Waals surface area contributed by atoms with Gasteiger partial charge in [-0.05, 0) is 66.7 Å². The summed E-state index contributed by atoms with van der Waals surface area (Å²) in [6, 6.07) is 9.66. The zero-order valence-corrected chi connectivity index (χ0v) is 17.1. The van der Waals surface area contributed by atoms with Crippen LogP contribution in [0.5, 0.6) is 11.5 Å². The van der Waals surface area contributed by atoms with Crippen molar-refractivity contribution in [2.45, 2.75) is 6.92 Å². The number of nitrogens with one attached hydrogen (secondary N) is 1. The van der Waals surface area contributed by atoms with Crippen molar-refractivity contribution >= 4 is 52.2 Å². The Hall–Kier alpha value is -2.97. The molecule has 0 bridgehead atoms. The Morgan fingerprint density at radius 2 is 2.03 bits per heavy atom. The molecule has 0 saturated carbocycles. The molecule has 0 radical (unpaired) electrons. The first-order valence-electron chi connectivity index (χ1n) is 8.54. The van der Waals surface area contributed by atoms with Crippen LogP contribution < -0.4 is 10.1 Å². The number of aromatic hydroxyl groups is 1. The van der Waals surface area contributed by atoms with E-state index >= 15 is 0 Å². The highest BCUT2D eigenvalue weighted by atomic mass is 35.5. The van der Waals surface area contributed by atoms with Gasteiger partial charge in [0.1, 0.15) is 0 Å². The second kappa shape index (κ2) is 9.02. The number of methoxy groups -OCH3 is 1. The lowest BCUT2D eigenvalue weighted by atomic mass is 10.2. The third-order valence-corrected chi connectivity index (χ3v) is 5.03. The number of hydrogen-bond acceptors (Lipinski definition) is 7. The van der Waals surface area contributed by atoms with Crippen molar-refractivity contribution in [2.75, 3.05) is 13.7 Å². The van der Waals surface area contributed by atoms with Gasteiger partial charge < -0.3 is 19.9 Å². The molecule has 3 rings (SSSR count). The third-order valence-electron chi connectivity index (χ3n) is 3.83. The number of amidine groups is 1. The quantitative estimate of drug-likeness (QED) is 0.544. The fourth-order valence-corrected chi connectivity index (χ4v) is 3.53. The number of ether oxygens (including phenoxy) is 2. The summed E-state index contributed by atoms with van der Waals surface area (Å²) in [4.78, 5) is 28.7. The number of esters is 1. The van der Waals surface area contributed by atoms with Gasteiger partial charge in [-0.3, -0.25) is 4.79 Å². The molecule has 2 aromatic carbocycles. The SMILES string of the molecule is CCOC(=O)c1ccc(N=C2NC(=O)C(=Cc3cc(Cl)c(O)c(OC)c3)S2)cc1. The Balaban J connectivity index is 1.79. The van der Waals surface area contributed by atoms with E-state index in [1.165, 1.54) is 13.2 Å². The second-order valence-electron chi connectivity index (χ2n) is 5.80. The van der Waals surface area contributed by atoms with Crippen LogP contribution in [0.25, 0.3) is 6.08 Å². The van der Waals surface area contributed by atoms with E-state index in [1.807, 2.05) is 0 Å². The normalized spacial score (nSPS) is 16.2. The van der Waals surface area contributed by atoms with E-state index in [0.29, 0.717) is 33.5 Å². The summed E-state index contributed by atoms with van der Waals surface area (Å²) >= 11 is 7.15. The Labute approximate surface area is 176 Å². The highest BCUT2D eigenvalue weighted by Gasteiger charge is 2.24. The summed E-state index contributed by atoms with van der Waals surface area (Å²) in [7, 11) is 1.41. The summed E-state index contributed by atoms with van der Waals surface area (Å²) in [5.41, 5.74) is 1.61. The number of halogens is 1. The van der Waals surface area contributed by atoms with E-state index < -0.39 is 5.97 Å². The van der Waals surface area contributed by atoms with Crippen molar-refractivity contribution in [3.63, 3.8) is 0 Å². The molecule has 0 atom stereocenters. The van der Waals surface area contributed by atoms with Gasteiger partial charge in [-0.15, -0.1) is 0 Å². The third kappa shape index (κ3) is 4.90. The lowest BCUT2D eigenvalue weighted by molar-refractivity contribution is -0.115. The summed E-state index contributed by atoms with van der Waals surface area (Å²) < 4.78 is 10.0. The Morgan fingerprint density at radius 3 is 2.69 bits per heavy atom. The lowest BCUT2D eigenvalue weighted by Gasteiger charge is -2.06. The molecule has 29 heavy (non-hydrogen) atoms. The van der Waals surface area contributed by atoms with Gasteiger partial charge in [0.05, 0.1) is 34.9 Å². The molecule has 1 amide bonds. The van der Waals surface area contributed by atoms with E-state index in [9.17, 15) is 14.7 Å². The number of phenolic OH excluding ortho intramolecular Hbond substituents is 1. The summed E-state index contributed by atoms with van der Waals surface area (Å²) in [5.74, 6) is -0.653. The topological polar surface area (TPSA) is 97.2 Å². The fourth-order valence-electron chi connectivity index (χ4n) is 2.47. The van der Waals surface area contributed by atoms with Gasteiger partial charge in [0.2, 0.25) is 0 Å². The van der Waals surface area contributed by atoms with E-state index in [1.54, 1.807) is 43.3 Å². The van der Waals surface area contributed by atoms with Gasteiger partial charge in [-0.25, -0.2) is 9.79 Å². The number of nitrogens with zero attached hydrogens (tertiary/aromatic N) is 1. The number of aliphatic imine (C=N–C) groups is 1. The molecule has 0 unspecified atom stereocenters. The zero-order valence-electron chi connectivity index (χ0n) is 15.6. The largest absolute Gasteiger partial charge is 0.503 e. The molecule has 2 aromatic rings. The summed E-state index contributed by atoms with van der Waals surface area (Å²) in [6.45, 7) is 2.05. The van der Waals surface area contributed by atoms with Gasteiger partial charge in [-0.1, -0.05) is 11.6 Å². The maximum atomic E-state index is 12.2. The Kier molecular flexibility index (Phi) is 6.46. The summed E-state index contributed by atoms with van der Waals surface area (Å²) in [5, 5.41) is 13.0. The maximum absolute atomic E-state index is 12.2. The number of thioether (sulfide) groups is 1. The van der Waals surface area contributed by atoms with E-state index in [4.69, 9.17) is 21.1 Å². The van der Waals surface area contributed by atoms with Gasteiger partial charge in [0.15, 0.2) is 16.7 Å². The fraction of sp³-hybridized carbons (Fsp3) is 0.150. The molecule has 1 heterocycles. The molecule has 0 spiro atoms. The number of rotatable bonds is 5. The lowest BCUT2D eigenvalue weighted by Crippen LogP contribution is -2.19. The molecule has 7 nitrogen and oxygen atoms in total. The number of carbonyl (C=O) groups is 2. The van der Waals surface area contributed by atoms with Crippen LogP contribution >= 0.6 is 23.4 Å². The molecular formula is C20H17ClN2O5S. The van der Waals surface area contributed by atoms with Crippen LogP contribution in [-0.4, -0.2) is 35.9 Å². The smallest absolute Gasteiger partial charge is 0.338 e. The number of phenols is 1. The van der Waals surface area contributed by atoms with Gasteiger partial charge in [0, 0.05) is 0 Å². The van der Waals surface area contributed by atoms with Gasteiger partial charge in [0.25, 0.3) is 5.91 Å². The van der Waals surface area contributed by atoms with Gasteiger partial charge in [-0.2, -0.15) is 0 Å². The number of benzene rings is 2. The Morgan fingerprint density at radius 1 is 1.31 bits per heavy atom. The van der Waals surface area contributed by atoms with E-state index in [2.05, 4.69) is 10.3 Å². The first kappa shape index (κ1) is 20.8.